The van der Waals surface area contributed by atoms with Crippen LogP contribution in [0.5, 0.6) is 0 Å². The Morgan fingerprint density at radius 3 is 2.39 bits per heavy atom. The number of nitrogens with zero attached hydrogens (tertiary/aromatic N) is 2. The zero-order valence-corrected chi connectivity index (χ0v) is 10.5. The summed E-state index contributed by atoms with van der Waals surface area (Å²) in [5.41, 5.74) is 5.54. The van der Waals surface area contributed by atoms with Gasteiger partial charge in [-0.15, -0.1) is 0 Å². The number of benzene rings is 2. The smallest absolute Gasteiger partial charge is 0.106 e. The number of aryl methyl sites for hydroxylation is 1. The number of anilines is 3. The molecule has 2 aliphatic rings. The van der Waals surface area contributed by atoms with E-state index in [1.807, 2.05) is 0 Å². The Kier molecular flexibility index (Phi) is 1.95. The molecular weight excluding hydrogens is 220 g/mol. The average molecular weight is 236 g/mol. The van der Waals surface area contributed by atoms with Crippen LogP contribution in [0.4, 0.5) is 17.1 Å². The summed E-state index contributed by atoms with van der Waals surface area (Å²) in [6.07, 6.45) is 2.86. The highest BCUT2D eigenvalue weighted by molar-refractivity contribution is 5.85. The van der Waals surface area contributed by atoms with Crippen molar-refractivity contribution >= 4 is 17.1 Å². The first-order valence-corrected chi connectivity index (χ1v) is 6.55. The summed E-state index contributed by atoms with van der Waals surface area (Å²) < 4.78 is 0. The van der Waals surface area contributed by atoms with E-state index in [-0.39, 0.29) is 0 Å². The molecule has 1 unspecified atom stereocenters. The van der Waals surface area contributed by atoms with E-state index in [0.717, 1.165) is 0 Å². The minimum absolute atomic E-state index is 0.484. The number of para-hydroxylation sites is 3. The average Bonchev–Trinajstić information content (AvgIpc) is 2.73. The third kappa shape index (κ3) is 1.18. The number of fused-ring (bicyclic) bond motifs is 5. The van der Waals surface area contributed by atoms with Crippen LogP contribution in [0.25, 0.3) is 0 Å². The van der Waals surface area contributed by atoms with Crippen LogP contribution in [-0.2, 0) is 6.42 Å². The standard InChI is InChI=1S/C16H16N2/c1-17-14-8-4-5-9-15(14)18-13-7-3-2-6-12(13)10-11-16(17)18/h2-9,16H,10-11H2,1H3. The molecule has 1 atom stereocenters. The highest BCUT2D eigenvalue weighted by atomic mass is 15.4. The Morgan fingerprint density at radius 1 is 0.889 bits per heavy atom. The van der Waals surface area contributed by atoms with Gasteiger partial charge in [0.1, 0.15) is 6.17 Å². The zero-order chi connectivity index (χ0) is 12.1. The van der Waals surface area contributed by atoms with Crippen LogP contribution in [0, 0.1) is 0 Å². The van der Waals surface area contributed by atoms with E-state index in [2.05, 4.69) is 65.4 Å². The van der Waals surface area contributed by atoms with Crippen molar-refractivity contribution in [1.82, 2.24) is 0 Å². The van der Waals surface area contributed by atoms with Gasteiger partial charge in [-0.2, -0.15) is 0 Å². The van der Waals surface area contributed by atoms with E-state index >= 15 is 0 Å². The van der Waals surface area contributed by atoms with Crippen LogP contribution in [0.1, 0.15) is 12.0 Å². The second-order valence-corrected chi connectivity index (χ2v) is 5.12. The molecule has 0 aliphatic carbocycles. The minimum Gasteiger partial charge on any atom is -0.352 e. The van der Waals surface area contributed by atoms with Crippen molar-refractivity contribution < 1.29 is 0 Å². The van der Waals surface area contributed by atoms with Crippen molar-refractivity contribution in [2.75, 3.05) is 16.8 Å². The Morgan fingerprint density at radius 2 is 1.56 bits per heavy atom. The molecule has 0 radical (unpaired) electrons. The summed E-state index contributed by atoms with van der Waals surface area (Å²) in [5.74, 6) is 0. The van der Waals surface area contributed by atoms with Gasteiger partial charge in [-0.25, -0.2) is 0 Å². The molecule has 0 N–H and O–H groups in total. The second kappa shape index (κ2) is 3.52. The lowest BCUT2D eigenvalue weighted by atomic mass is 10.00. The van der Waals surface area contributed by atoms with Crippen molar-refractivity contribution in [3.8, 4) is 0 Å². The minimum atomic E-state index is 0.484. The fourth-order valence-corrected chi connectivity index (χ4v) is 3.32. The van der Waals surface area contributed by atoms with Crippen LogP contribution in [0.3, 0.4) is 0 Å². The van der Waals surface area contributed by atoms with Gasteiger partial charge in [0.25, 0.3) is 0 Å². The molecule has 2 nitrogen and oxygen atoms in total. The first kappa shape index (κ1) is 10.0. The molecule has 90 valence electrons. The number of rotatable bonds is 0. The molecule has 2 aromatic carbocycles. The SMILES string of the molecule is CN1c2ccccc2N2c3ccccc3CCC12. The van der Waals surface area contributed by atoms with Gasteiger partial charge in [0.05, 0.1) is 11.4 Å². The molecular formula is C16H16N2. The molecule has 18 heavy (non-hydrogen) atoms. The van der Waals surface area contributed by atoms with Crippen molar-refractivity contribution in [2.24, 2.45) is 0 Å². The first-order chi connectivity index (χ1) is 8.86. The Hall–Kier alpha value is -1.96. The summed E-state index contributed by atoms with van der Waals surface area (Å²) in [5, 5.41) is 0. The van der Waals surface area contributed by atoms with E-state index < -0.39 is 0 Å². The third-order valence-corrected chi connectivity index (χ3v) is 4.19. The van der Waals surface area contributed by atoms with Crippen LogP contribution in [0.2, 0.25) is 0 Å². The maximum Gasteiger partial charge on any atom is 0.106 e. The fourth-order valence-electron chi connectivity index (χ4n) is 3.32. The first-order valence-electron chi connectivity index (χ1n) is 6.55. The molecule has 2 aromatic rings. The molecule has 0 aromatic heterocycles. The summed E-state index contributed by atoms with van der Waals surface area (Å²) in [7, 11) is 2.21. The summed E-state index contributed by atoms with van der Waals surface area (Å²) >= 11 is 0. The van der Waals surface area contributed by atoms with Crippen molar-refractivity contribution in [3.05, 3.63) is 54.1 Å². The maximum atomic E-state index is 2.49. The molecule has 2 aliphatic heterocycles. The van der Waals surface area contributed by atoms with Crippen LogP contribution < -0.4 is 9.80 Å². The van der Waals surface area contributed by atoms with Crippen molar-refractivity contribution in [1.29, 1.82) is 0 Å². The molecule has 2 heteroatoms. The molecule has 2 heterocycles. The Balaban J connectivity index is 1.94. The summed E-state index contributed by atoms with van der Waals surface area (Å²) in [6.45, 7) is 0. The van der Waals surface area contributed by atoms with Gasteiger partial charge in [0, 0.05) is 12.7 Å². The number of hydrogen-bond donors (Lipinski definition) is 0. The van der Waals surface area contributed by atoms with Gasteiger partial charge in [-0.05, 0) is 36.6 Å². The molecule has 0 amide bonds. The molecule has 0 saturated carbocycles. The number of hydrogen-bond acceptors (Lipinski definition) is 2. The molecule has 0 spiro atoms. The monoisotopic (exact) mass is 236 g/mol. The van der Waals surface area contributed by atoms with Gasteiger partial charge in [0.15, 0.2) is 0 Å². The Bertz CT molecular complexity index is 606. The van der Waals surface area contributed by atoms with Gasteiger partial charge in [0.2, 0.25) is 0 Å². The van der Waals surface area contributed by atoms with Gasteiger partial charge >= 0.3 is 0 Å². The van der Waals surface area contributed by atoms with E-state index in [9.17, 15) is 0 Å². The topological polar surface area (TPSA) is 6.48 Å². The van der Waals surface area contributed by atoms with Crippen LogP contribution in [0.15, 0.2) is 48.5 Å². The Labute approximate surface area is 107 Å². The van der Waals surface area contributed by atoms with E-state index in [4.69, 9.17) is 0 Å². The van der Waals surface area contributed by atoms with Crippen LogP contribution >= 0.6 is 0 Å². The highest BCUT2D eigenvalue weighted by Crippen LogP contribution is 2.47. The van der Waals surface area contributed by atoms with Gasteiger partial charge < -0.3 is 9.80 Å². The lowest BCUT2D eigenvalue weighted by molar-refractivity contribution is 0.589. The predicted molar refractivity (Wildman–Crippen MR) is 75.5 cm³/mol. The van der Waals surface area contributed by atoms with E-state index in [0.29, 0.717) is 6.17 Å². The van der Waals surface area contributed by atoms with E-state index in [1.165, 1.54) is 35.5 Å². The quantitative estimate of drug-likeness (QED) is 0.690. The lowest BCUT2D eigenvalue weighted by Gasteiger charge is -2.36. The fraction of sp³-hybridized carbons (Fsp3) is 0.250. The van der Waals surface area contributed by atoms with Crippen molar-refractivity contribution in [2.45, 2.75) is 19.0 Å². The van der Waals surface area contributed by atoms with Gasteiger partial charge in [-0.3, -0.25) is 0 Å². The predicted octanol–water partition coefficient (Wildman–Crippen LogP) is 3.55. The maximum absolute atomic E-state index is 2.49. The third-order valence-electron chi connectivity index (χ3n) is 4.19. The van der Waals surface area contributed by atoms with Crippen LogP contribution in [-0.4, -0.2) is 13.2 Å². The highest BCUT2D eigenvalue weighted by Gasteiger charge is 2.37. The van der Waals surface area contributed by atoms with Gasteiger partial charge in [-0.1, -0.05) is 30.3 Å². The molecule has 0 saturated heterocycles. The summed E-state index contributed by atoms with van der Waals surface area (Å²) in [4.78, 5) is 4.90. The largest absolute Gasteiger partial charge is 0.352 e. The zero-order valence-electron chi connectivity index (χ0n) is 10.5. The molecule has 0 fully saturated rings. The normalized spacial score (nSPS) is 20.4. The second-order valence-electron chi connectivity index (χ2n) is 5.12. The lowest BCUT2D eigenvalue weighted by Crippen LogP contribution is -2.41. The molecule has 0 bridgehead atoms. The summed E-state index contributed by atoms with van der Waals surface area (Å²) in [6, 6.07) is 17.5. The molecule has 4 rings (SSSR count). The van der Waals surface area contributed by atoms with Crippen molar-refractivity contribution in [3.63, 3.8) is 0 Å². The van der Waals surface area contributed by atoms with E-state index in [1.54, 1.807) is 0 Å².